The number of carbonyl (C=O) groups is 3. The number of nitrogens with zero attached hydrogens (tertiary/aromatic N) is 1. The van der Waals surface area contributed by atoms with Crippen LogP contribution in [-0.4, -0.2) is 47.6 Å². The summed E-state index contributed by atoms with van der Waals surface area (Å²) in [7, 11) is 0. The summed E-state index contributed by atoms with van der Waals surface area (Å²) in [5.74, 6) is -4.46. The number of ether oxygens (including phenoxy) is 2. The van der Waals surface area contributed by atoms with Gasteiger partial charge in [-0.15, -0.1) is 0 Å². The number of halogens is 2. The van der Waals surface area contributed by atoms with Crippen LogP contribution in [0.25, 0.3) is 0 Å². The summed E-state index contributed by atoms with van der Waals surface area (Å²) in [6, 6.07) is 1.77. The van der Waals surface area contributed by atoms with Crippen molar-refractivity contribution < 1.29 is 32.6 Å². The first-order valence-corrected chi connectivity index (χ1v) is 10.0. The van der Waals surface area contributed by atoms with E-state index in [0.717, 1.165) is 25.0 Å². The van der Waals surface area contributed by atoms with Crippen LogP contribution < -0.4 is 5.32 Å². The van der Waals surface area contributed by atoms with Gasteiger partial charge in [0.1, 0.15) is 5.60 Å². The highest BCUT2D eigenvalue weighted by Gasteiger charge is 2.57. The third-order valence-corrected chi connectivity index (χ3v) is 5.62. The number of carbonyl (C=O) groups excluding carboxylic acids is 3. The monoisotopic (exact) mass is 422 g/mol. The Kier molecular flexibility index (Phi) is 4.74. The minimum Gasteiger partial charge on any atom is -0.450 e. The number of fused-ring (bicyclic) bond motifs is 2. The zero-order valence-electron chi connectivity index (χ0n) is 17.1. The predicted octanol–water partition coefficient (Wildman–Crippen LogP) is 2.87. The lowest BCUT2D eigenvalue weighted by Crippen LogP contribution is -2.57. The molecule has 1 saturated heterocycles. The van der Waals surface area contributed by atoms with Gasteiger partial charge in [0.2, 0.25) is 5.91 Å². The summed E-state index contributed by atoms with van der Waals surface area (Å²) in [4.78, 5) is 39.5. The molecule has 162 valence electrons. The van der Waals surface area contributed by atoms with Crippen LogP contribution in [0.2, 0.25) is 0 Å². The van der Waals surface area contributed by atoms with Gasteiger partial charge in [0, 0.05) is 31.1 Å². The molecular formula is C21H24F2N2O5. The van der Waals surface area contributed by atoms with Crippen molar-refractivity contribution >= 4 is 18.0 Å². The van der Waals surface area contributed by atoms with E-state index in [9.17, 15) is 23.2 Å². The molecule has 2 atom stereocenters. The van der Waals surface area contributed by atoms with Crippen molar-refractivity contribution in [1.82, 2.24) is 10.2 Å². The maximum atomic E-state index is 14.1. The van der Waals surface area contributed by atoms with E-state index in [1.54, 1.807) is 20.8 Å². The van der Waals surface area contributed by atoms with Crippen LogP contribution >= 0.6 is 0 Å². The Morgan fingerprint density at radius 2 is 1.90 bits per heavy atom. The first kappa shape index (κ1) is 20.6. The highest BCUT2D eigenvalue weighted by molar-refractivity contribution is 5.96. The smallest absolute Gasteiger partial charge is 0.410 e. The molecule has 2 aliphatic heterocycles. The van der Waals surface area contributed by atoms with E-state index in [4.69, 9.17) is 9.47 Å². The molecule has 2 heterocycles. The highest BCUT2D eigenvalue weighted by atomic mass is 19.2. The van der Waals surface area contributed by atoms with Crippen LogP contribution in [0.3, 0.4) is 0 Å². The summed E-state index contributed by atoms with van der Waals surface area (Å²) < 4.78 is 38.8. The molecule has 0 aromatic heterocycles. The van der Waals surface area contributed by atoms with E-state index in [0.29, 0.717) is 0 Å². The molecule has 2 fully saturated rings. The molecule has 1 N–H and O–H groups in total. The predicted molar refractivity (Wildman–Crippen MR) is 101 cm³/mol. The van der Waals surface area contributed by atoms with Gasteiger partial charge in [0.05, 0.1) is 11.5 Å². The number of hydrogen-bond acceptors (Lipinski definition) is 5. The van der Waals surface area contributed by atoms with Crippen molar-refractivity contribution in [1.29, 1.82) is 0 Å². The lowest BCUT2D eigenvalue weighted by Gasteiger charge is -2.44. The lowest BCUT2D eigenvalue weighted by atomic mass is 9.75. The molecular weight excluding hydrogens is 398 g/mol. The minimum atomic E-state index is -1.46. The number of esters is 1. The summed E-state index contributed by atoms with van der Waals surface area (Å²) in [5, 5.41) is 2.88. The molecule has 30 heavy (non-hydrogen) atoms. The molecule has 0 unspecified atom stereocenters. The number of rotatable bonds is 2. The van der Waals surface area contributed by atoms with Gasteiger partial charge in [0.15, 0.2) is 17.2 Å². The van der Waals surface area contributed by atoms with E-state index in [1.807, 2.05) is 0 Å². The van der Waals surface area contributed by atoms with Gasteiger partial charge in [-0.3, -0.25) is 4.79 Å². The molecule has 1 spiro atoms. The first-order chi connectivity index (χ1) is 14.0. The SMILES string of the molecule is CC(C)(C)OC(=O)N1CC[C@@]2(OC(=O)c3cc(F)c(F)cc32)[C@@H](C(=O)NC2CC2)C1. The molecule has 1 aromatic rings. The van der Waals surface area contributed by atoms with Gasteiger partial charge in [-0.2, -0.15) is 0 Å². The number of benzene rings is 1. The number of hydrogen-bond donors (Lipinski definition) is 1. The fourth-order valence-electron chi connectivity index (χ4n) is 4.04. The van der Waals surface area contributed by atoms with Gasteiger partial charge in [-0.25, -0.2) is 18.4 Å². The highest BCUT2D eigenvalue weighted by Crippen LogP contribution is 2.48. The van der Waals surface area contributed by atoms with Crippen LogP contribution in [0.4, 0.5) is 13.6 Å². The Labute approximate surface area is 172 Å². The fraction of sp³-hybridized carbons (Fsp3) is 0.571. The molecule has 0 bridgehead atoms. The summed E-state index contributed by atoms with van der Waals surface area (Å²) >= 11 is 0. The van der Waals surface area contributed by atoms with Crippen LogP contribution in [0.1, 0.15) is 56.0 Å². The molecule has 0 radical (unpaired) electrons. The Balaban J connectivity index is 1.70. The van der Waals surface area contributed by atoms with Crippen molar-refractivity contribution in [3.05, 3.63) is 34.9 Å². The van der Waals surface area contributed by atoms with Crippen molar-refractivity contribution in [2.75, 3.05) is 13.1 Å². The molecule has 9 heteroatoms. The molecule has 1 saturated carbocycles. The van der Waals surface area contributed by atoms with E-state index < -0.39 is 46.7 Å². The Morgan fingerprint density at radius 3 is 2.53 bits per heavy atom. The third kappa shape index (κ3) is 3.61. The summed E-state index contributed by atoms with van der Waals surface area (Å²) in [6.07, 6.45) is 1.17. The molecule has 4 rings (SSSR count). The van der Waals surface area contributed by atoms with Gasteiger partial charge >= 0.3 is 12.1 Å². The second-order valence-electron chi connectivity index (χ2n) is 9.10. The topological polar surface area (TPSA) is 84.9 Å². The van der Waals surface area contributed by atoms with E-state index in [2.05, 4.69) is 5.32 Å². The molecule has 7 nitrogen and oxygen atoms in total. The Morgan fingerprint density at radius 1 is 1.23 bits per heavy atom. The third-order valence-electron chi connectivity index (χ3n) is 5.62. The quantitative estimate of drug-likeness (QED) is 0.741. The number of amides is 2. The molecule has 2 amide bonds. The summed E-state index contributed by atoms with van der Waals surface area (Å²) in [5.41, 5.74) is -2.13. The van der Waals surface area contributed by atoms with E-state index >= 15 is 0 Å². The average molecular weight is 422 g/mol. The molecule has 3 aliphatic rings. The van der Waals surface area contributed by atoms with Gasteiger partial charge in [0.25, 0.3) is 0 Å². The van der Waals surface area contributed by atoms with Crippen LogP contribution in [0.15, 0.2) is 12.1 Å². The molecule has 1 aromatic carbocycles. The zero-order valence-corrected chi connectivity index (χ0v) is 17.1. The zero-order chi connectivity index (χ0) is 21.8. The number of likely N-dealkylation sites (tertiary alicyclic amines) is 1. The van der Waals surface area contributed by atoms with Crippen molar-refractivity contribution in [3.8, 4) is 0 Å². The Hall–Kier alpha value is -2.71. The van der Waals surface area contributed by atoms with Crippen molar-refractivity contribution in [2.45, 2.75) is 57.3 Å². The van der Waals surface area contributed by atoms with Crippen LogP contribution in [0, 0.1) is 17.6 Å². The van der Waals surface area contributed by atoms with E-state index in [-0.39, 0.29) is 36.7 Å². The second-order valence-corrected chi connectivity index (χ2v) is 9.10. The Bertz CT molecular complexity index is 925. The van der Waals surface area contributed by atoms with Gasteiger partial charge in [-0.1, -0.05) is 0 Å². The first-order valence-electron chi connectivity index (χ1n) is 10.0. The van der Waals surface area contributed by atoms with Gasteiger partial charge in [-0.05, 0) is 45.7 Å². The normalized spacial score (nSPS) is 25.7. The minimum absolute atomic E-state index is 0.0352. The number of nitrogens with one attached hydrogen (secondary N) is 1. The van der Waals surface area contributed by atoms with Crippen molar-refractivity contribution in [2.24, 2.45) is 5.92 Å². The standard InChI is InChI=1S/C21H24F2N2O5/c1-20(2,3)30-19(28)25-7-6-21(14(10-25)17(26)24-11-4-5-11)13-9-16(23)15(22)8-12(13)18(27)29-21/h8-9,11,14H,4-7,10H2,1-3H3,(H,24,26)/t14-,21+/m1/s1. The number of piperidine rings is 1. The average Bonchev–Trinajstić information content (AvgIpc) is 3.41. The van der Waals surface area contributed by atoms with Crippen LogP contribution in [0.5, 0.6) is 0 Å². The molecule has 1 aliphatic carbocycles. The lowest BCUT2D eigenvalue weighted by molar-refractivity contribution is -0.142. The maximum absolute atomic E-state index is 14.1. The van der Waals surface area contributed by atoms with Gasteiger partial charge < -0.3 is 19.7 Å². The second kappa shape index (κ2) is 6.92. The fourth-order valence-corrected chi connectivity index (χ4v) is 4.04. The maximum Gasteiger partial charge on any atom is 0.410 e. The van der Waals surface area contributed by atoms with E-state index in [1.165, 1.54) is 4.90 Å². The largest absolute Gasteiger partial charge is 0.450 e. The summed E-state index contributed by atoms with van der Waals surface area (Å²) in [6.45, 7) is 5.27. The van der Waals surface area contributed by atoms with Crippen LogP contribution in [-0.2, 0) is 19.9 Å². The van der Waals surface area contributed by atoms with Crippen molar-refractivity contribution in [3.63, 3.8) is 0 Å².